The van der Waals surface area contributed by atoms with Gasteiger partial charge in [-0.15, -0.1) is 10.2 Å². The van der Waals surface area contributed by atoms with Gasteiger partial charge in [-0.3, -0.25) is 0 Å². The first-order valence-corrected chi connectivity index (χ1v) is 4.43. The van der Waals surface area contributed by atoms with Gasteiger partial charge in [-0.2, -0.15) is 0 Å². The fourth-order valence-corrected chi connectivity index (χ4v) is 1.23. The number of rotatable bonds is 2. The molecule has 0 aliphatic carbocycles. The van der Waals surface area contributed by atoms with E-state index in [0.717, 1.165) is 0 Å². The Morgan fingerprint density at radius 1 is 1.13 bits per heavy atom. The molecular weight excluding hydrogens is 195 g/mol. The van der Waals surface area contributed by atoms with Crippen LogP contribution in [0.3, 0.4) is 0 Å². The Labute approximate surface area is 86.5 Å². The van der Waals surface area contributed by atoms with Gasteiger partial charge in [0.1, 0.15) is 5.82 Å². The van der Waals surface area contributed by atoms with Crippen molar-refractivity contribution in [3.05, 3.63) is 42.2 Å². The maximum Gasteiger partial charge on any atom is 0.233 e. The lowest BCUT2D eigenvalue weighted by Crippen LogP contribution is -1.92. The molecule has 2 rings (SSSR count). The van der Waals surface area contributed by atoms with Gasteiger partial charge in [0.05, 0.1) is 12.8 Å². The average molecular weight is 204 g/mol. The van der Waals surface area contributed by atoms with Gasteiger partial charge < -0.3 is 4.74 Å². The Morgan fingerprint density at radius 3 is 2.60 bits per heavy atom. The first kappa shape index (κ1) is 9.58. The Bertz CT molecular complexity index is 456. The Balaban J connectivity index is 2.37. The van der Waals surface area contributed by atoms with Gasteiger partial charge in [0.15, 0.2) is 0 Å². The van der Waals surface area contributed by atoms with E-state index in [1.54, 1.807) is 24.3 Å². The lowest BCUT2D eigenvalue weighted by Gasteiger charge is -2.01. The highest BCUT2D eigenvalue weighted by Crippen LogP contribution is 2.18. The molecule has 1 aromatic heterocycles. The average Bonchev–Trinajstić information content (AvgIpc) is 2.29. The van der Waals surface area contributed by atoms with Crippen molar-refractivity contribution in [2.24, 2.45) is 0 Å². The second kappa shape index (κ2) is 4.04. The molecule has 0 saturated carbocycles. The van der Waals surface area contributed by atoms with Crippen molar-refractivity contribution in [3.8, 4) is 17.1 Å². The van der Waals surface area contributed by atoms with E-state index >= 15 is 0 Å². The molecule has 1 aromatic carbocycles. The fraction of sp³-hybridized carbons (Fsp3) is 0.0909. The predicted octanol–water partition coefficient (Wildman–Crippen LogP) is 2.29. The summed E-state index contributed by atoms with van der Waals surface area (Å²) in [6.45, 7) is 0. The van der Waals surface area contributed by atoms with Crippen LogP contribution in [-0.2, 0) is 0 Å². The van der Waals surface area contributed by atoms with Gasteiger partial charge in [0, 0.05) is 11.6 Å². The molecule has 0 fully saturated rings. The first-order valence-electron chi connectivity index (χ1n) is 4.43. The van der Waals surface area contributed by atoms with Crippen LogP contribution in [0.15, 0.2) is 36.4 Å². The summed E-state index contributed by atoms with van der Waals surface area (Å²) >= 11 is 0. The van der Waals surface area contributed by atoms with Crippen LogP contribution in [0.25, 0.3) is 11.3 Å². The number of hydrogen-bond acceptors (Lipinski definition) is 3. The maximum atomic E-state index is 12.9. The summed E-state index contributed by atoms with van der Waals surface area (Å²) in [4.78, 5) is 0. The minimum atomic E-state index is -0.287. The van der Waals surface area contributed by atoms with E-state index in [0.29, 0.717) is 17.1 Å². The van der Waals surface area contributed by atoms with E-state index in [9.17, 15) is 4.39 Å². The number of halogens is 1. The largest absolute Gasteiger partial charge is 0.480 e. The van der Waals surface area contributed by atoms with E-state index in [-0.39, 0.29) is 5.82 Å². The quantitative estimate of drug-likeness (QED) is 0.752. The van der Waals surface area contributed by atoms with Gasteiger partial charge in [-0.25, -0.2) is 4.39 Å². The lowest BCUT2D eigenvalue weighted by molar-refractivity contribution is 0.392. The van der Waals surface area contributed by atoms with Crippen LogP contribution in [0.4, 0.5) is 4.39 Å². The molecular formula is C11H9FN2O. The zero-order valence-electron chi connectivity index (χ0n) is 8.14. The van der Waals surface area contributed by atoms with Crippen LogP contribution in [0.2, 0.25) is 0 Å². The van der Waals surface area contributed by atoms with Gasteiger partial charge in [-0.05, 0) is 18.2 Å². The molecule has 15 heavy (non-hydrogen) atoms. The number of methoxy groups -OCH3 is 1. The van der Waals surface area contributed by atoms with Crippen molar-refractivity contribution in [1.29, 1.82) is 0 Å². The normalized spacial score (nSPS) is 10.0. The molecule has 0 bridgehead atoms. The standard InChI is InChI=1S/C11H9FN2O/c1-15-11-6-5-10(13-14-11)8-3-2-4-9(12)7-8/h2-7H,1H3. The van der Waals surface area contributed by atoms with Crippen molar-refractivity contribution in [2.45, 2.75) is 0 Å². The maximum absolute atomic E-state index is 12.9. The summed E-state index contributed by atoms with van der Waals surface area (Å²) < 4.78 is 17.8. The van der Waals surface area contributed by atoms with Crippen molar-refractivity contribution in [2.75, 3.05) is 7.11 Å². The van der Waals surface area contributed by atoms with Crippen LogP contribution in [0, 0.1) is 5.82 Å². The molecule has 0 saturated heterocycles. The highest BCUT2D eigenvalue weighted by atomic mass is 19.1. The lowest BCUT2D eigenvalue weighted by atomic mass is 10.1. The number of aromatic nitrogens is 2. The number of hydrogen-bond donors (Lipinski definition) is 0. The monoisotopic (exact) mass is 204 g/mol. The molecule has 4 heteroatoms. The molecule has 0 amide bonds. The molecule has 0 aliphatic heterocycles. The van der Waals surface area contributed by atoms with Crippen LogP contribution in [0.5, 0.6) is 5.88 Å². The molecule has 1 heterocycles. The molecule has 0 spiro atoms. The topological polar surface area (TPSA) is 35.0 Å². The van der Waals surface area contributed by atoms with Gasteiger partial charge in [0.2, 0.25) is 5.88 Å². The zero-order chi connectivity index (χ0) is 10.7. The summed E-state index contributed by atoms with van der Waals surface area (Å²) in [7, 11) is 1.52. The summed E-state index contributed by atoms with van der Waals surface area (Å²) in [5.74, 6) is 0.153. The highest BCUT2D eigenvalue weighted by Gasteiger charge is 2.01. The second-order valence-corrected chi connectivity index (χ2v) is 2.97. The van der Waals surface area contributed by atoms with Gasteiger partial charge in [0.25, 0.3) is 0 Å². The number of nitrogens with zero attached hydrogens (tertiary/aromatic N) is 2. The van der Waals surface area contributed by atoms with E-state index in [1.807, 2.05) is 0 Å². The molecule has 2 aromatic rings. The van der Waals surface area contributed by atoms with Crippen molar-refractivity contribution >= 4 is 0 Å². The molecule has 3 nitrogen and oxygen atoms in total. The highest BCUT2D eigenvalue weighted by molar-refractivity contribution is 5.58. The third kappa shape index (κ3) is 2.10. The molecule has 76 valence electrons. The predicted molar refractivity (Wildman–Crippen MR) is 54.0 cm³/mol. The molecule has 0 unspecified atom stereocenters. The van der Waals surface area contributed by atoms with Crippen molar-refractivity contribution in [3.63, 3.8) is 0 Å². The third-order valence-electron chi connectivity index (χ3n) is 1.97. The first-order chi connectivity index (χ1) is 7.29. The number of ether oxygens (including phenoxy) is 1. The molecule has 0 atom stereocenters. The van der Waals surface area contributed by atoms with E-state index in [1.165, 1.54) is 19.2 Å². The zero-order valence-corrected chi connectivity index (χ0v) is 8.14. The summed E-state index contributed by atoms with van der Waals surface area (Å²) in [6.07, 6.45) is 0. The van der Waals surface area contributed by atoms with E-state index < -0.39 is 0 Å². The molecule has 0 N–H and O–H groups in total. The van der Waals surface area contributed by atoms with Crippen molar-refractivity contribution in [1.82, 2.24) is 10.2 Å². The van der Waals surface area contributed by atoms with Crippen LogP contribution >= 0.6 is 0 Å². The van der Waals surface area contributed by atoms with Crippen LogP contribution < -0.4 is 4.74 Å². The van der Waals surface area contributed by atoms with Crippen molar-refractivity contribution < 1.29 is 9.13 Å². The Kier molecular flexibility index (Phi) is 2.58. The SMILES string of the molecule is COc1ccc(-c2cccc(F)c2)nn1. The van der Waals surface area contributed by atoms with Crippen LogP contribution in [0.1, 0.15) is 0 Å². The molecule has 0 radical (unpaired) electrons. The van der Waals surface area contributed by atoms with Gasteiger partial charge in [-0.1, -0.05) is 12.1 Å². The third-order valence-corrected chi connectivity index (χ3v) is 1.97. The summed E-state index contributed by atoms with van der Waals surface area (Å²) in [5.41, 5.74) is 1.32. The van der Waals surface area contributed by atoms with E-state index in [4.69, 9.17) is 4.74 Å². The second-order valence-electron chi connectivity index (χ2n) is 2.97. The smallest absolute Gasteiger partial charge is 0.233 e. The molecule has 0 aliphatic rings. The Hall–Kier alpha value is -1.97. The minimum absolute atomic E-state index is 0.287. The fourth-order valence-electron chi connectivity index (χ4n) is 1.23. The Morgan fingerprint density at radius 2 is 2.00 bits per heavy atom. The minimum Gasteiger partial charge on any atom is -0.480 e. The van der Waals surface area contributed by atoms with Crippen LogP contribution in [-0.4, -0.2) is 17.3 Å². The number of benzene rings is 1. The van der Waals surface area contributed by atoms with E-state index in [2.05, 4.69) is 10.2 Å². The van der Waals surface area contributed by atoms with Gasteiger partial charge >= 0.3 is 0 Å². The summed E-state index contributed by atoms with van der Waals surface area (Å²) in [6, 6.07) is 9.64. The summed E-state index contributed by atoms with van der Waals surface area (Å²) in [5, 5.41) is 7.73.